The minimum Gasteiger partial charge on any atom is -0.337 e. The Kier molecular flexibility index (Phi) is 5.59. The number of nitrogens with zero attached hydrogens (tertiary/aromatic N) is 3. The highest BCUT2D eigenvalue weighted by molar-refractivity contribution is 6.31. The van der Waals surface area contributed by atoms with Crippen LogP contribution >= 0.6 is 11.6 Å². The molecule has 0 spiro atoms. The van der Waals surface area contributed by atoms with Crippen LogP contribution in [0.15, 0.2) is 42.5 Å². The monoisotopic (exact) mass is 398 g/mol. The van der Waals surface area contributed by atoms with E-state index in [1.165, 1.54) is 0 Å². The maximum atomic E-state index is 13.3. The molecule has 28 heavy (non-hydrogen) atoms. The number of pyridine rings is 1. The van der Waals surface area contributed by atoms with E-state index < -0.39 is 0 Å². The van der Waals surface area contributed by atoms with Crippen molar-refractivity contribution in [2.45, 2.75) is 18.9 Å². The van der Waals surface area contributed by atoms with Crippen molar-refractivity contribution in [1.29, 1.82) is 0 Å². The van der Waals surface area contributed by atoms with E-state index in [0.717, 1.165) is 31.5 Å². The third kappa shape index (κ3) is 3.75. The SMILES string of the molecule is O=C(c1cccc(C(=O)N2CCNCC2c2ccccc2Cl)n1)N1CCCC1. The summed E-state index contributed by atoms with van der Waals surface area (Å²) in [5.41, 5.74) is 1.54. The molecule has 2 aliphatic heterocycles. The standard InChI is InChI=1S/C21H23ClN4O2/c22-16-7-2-1-6-15(16)19-14-23-10-13-26(19)21(28)18-9-5-8-17(24-18)20(27)25-11-3-4-12-25/h1-2,5-9,19,23H,3-4,10-14H2. The average Bonchev–Trinajstić information content (AvgIpc) is 3.28. The van der Waals surface area contributed by atoms with Crippen molar-refractivity contribution >= 4 is 23.4 Å². The summed E-state index contributed by atoms with van der Waals surface area (Å²) in [4.78, 5) is 33.9. The smallest absolute Gasteiger partial charge is 0.273 e. The highest BCUT2D eigenvalue weighted by Crippen LogP contribution is 2.29. The van der Waals surface area contributed by atoms with Gasteiger partial charge in [-0.05, 0) is 36.6 Å². The van der Waals surface area contributed by atoms with E-state index in [0.29, 0.717) is 36.0 Å². The summed E-state index contributed by atoms with van der Waals surface area (Å²) in [7, 11) is 0. The number of piperazine rings is 1. The number of carbonyl (C=O) groups excluding carboxylic acids is 2. The van der Waals surface area contributed by atoms with Gasteiger partial charge in [0.1, 0.15) is 11.4 Å². The second-order valence-corrected chi connectivity index (χ2v) is 7.55. The highest BCUT2D eigenvalue weighted by Gasteiger charge is 2.31. The molecule has 6 nitrogen and oxygen atoms in total. The number of amides is 2. The minimum absolute atomic E-state index is 0.102. The molecule has 2 fully saturated rings. The van der Waals surface area contributed by atoms with E-state index in [4.69, 9.17) is 11.6 Å². The van der Waals surface area contributed by atoms with Crippen LogP contribution in [0.5, 0.6) is 0 Å². The quantitative estimate of drug-likeness (QED) is 0.863. The van der Waals surface area contributed by atoms with E-state index in [2.05, 4.69) is 10.3 Å². The summed E-state index contributed by atoms with van der Waals surface area (Å²) < 4.78 is 0. The predicted molar refractivity (Wildman–Crippen MR) is 107 cm³/mol. The molecule has 0 bridgehead atoms. The molecule has 2 saturated heterocycles. The Labute approximate surface area is 169 Å². The molecule has 146 valence electrons. The minimum atomic E-state index is -0.178. The molecule has 2 aromatic rings. The van der Waals surface area contributed by atoms with Crippen LogP contribution in [0, 0.1) is 0 Å². The normalized spacial score (nSPS) is 19.7. The fourth-order valence-electron chi connectivity index (χ4n) is 3.87. The Morgan fingerprint density at radius 1 is 0.964 bits per heavy atom. The molecule has 7 heteroatoms. The average molecular weight is 399 g/mol. The molecule has 1 aromatic carbocycles. The highest BCUT2D eigenvalue weighted by atomic mass is 35.5. The number of halogens is 1. The fourth-order valence-corrected chi connectivity index (χ4v) is 4.13. The van der Waals surface area contributed by atoms with Crippen LogP contribution in [0.4, 0.5) is 0 Å². The summed E-state index contributed by atoms with van der Waals surface area (Å²) in [6.45, 7) is 3.40. The number of nitrogens with one attached hydrogen (secondary N) is 1. The van der Waals surface area contributed by atoms with Crippen molar-refractivity contribution in [3.8, 4) is 0 Å². The van der Waals surface area contributed by atoms with E-state index in [-0.39, 0.29) is 17.9 Å². The molecular weight excluding hydrogens is 376 g/mol. The number of likely N-dealkylation sites (tertiary alicyclic amines) is 1. The van der Waals surface area contributed by atoms with Crippen molar-refractivity contribution in [2.75, 3.05) is 32.7 Å². The van der Waals surface area contributed by atoms with Crippen LogP contribution in [0.25, 0.3) is 0 Å². The first kappa shape index (κ1) is 18.9. The molecule has 1 N–H and O–H groups in total. The van der Waals surface area contributed by atoms with Crippen LogP contribution in [-0.2, 0) is 0 Å². The van der Waals surface area contributed by atoms with Gasteiger partial charge in [-0.2, -0.15) is 0 Å². The molecule has 1 atom stereocenters. The lowest BCUT2D eigenvalue weighted by molar-refractivity contribution is 0.0628. The van der Waals surface area contributed by atoms with Gasteiger partial charge in [-0.15, -0.1) is 0 Å². The lowest BCUT2D eigenvalue weighted by Crippen LogP contribution is -2.49. The molecule has 0 aliphatic carbocycles. The van der Waals surface area contributed by atoms with E-state index >= 15 is 0 Å². The Morgan fingerprint density at radius 2 is 1.68 bits per heavy atom. The lowest BCUT2D eigenvalue weighted by Gasteiger charge is -2.36. The first-order chi connectivity index (χ1) is 13.6. The molecular formula is C21H23ClN4O2. The number of benzene rings is 1. The van der Waals surface area contributed by atoms with Gasteiger partial charge in [0.15, 0.2) is 0 Å². The van der Waals surface area contributed by atoms with Crippen LogP contribution in [0.1, 0.15) is 45.4 Å². The number of rotatable bonds is 3. The zero-order valence-corrected chi connectivity index (χ0v) is 16.4. The second kappa shape index (κ2) is 8.29. The summed E-state index contributed by atoms with van der Waals surface area (Å²) >= 11 is 6.38. The van der Waals surface area contributed by atoms with Crippen molar-refractivity contribution < 1.29 is 9.59 Å². The molecule has 4 rings (SSSR count). The third-order valence-corrected chi connectivity index (χ3v) is 5.69. The van der Waals surface area contributed by atoms with Gasteiger partial charge in [-0.3, -0.25) is 9.59 Å². The first-order valence-electron chi connectivity index (χ1n) is 9.67. The molecule has 1 unspecified atom stereocenters. The summed E-state index contributed by atoms with van der Waals surface area (Å²) in [5.74, 6) is -0.280. The van der Waals surface area contributed by atoms with Crippen molar-refractivity contribution in [2.24, 2.45) is 0 Å². The lowest BCUT2D eigenvalue weighted by atomic mass is 10.0. The predicted octanol–water partition coefficient (Wildman–Crippen LogP) is 2.76. The van der Waals surface area contributed by atoms with E-state index in [1.54, 1.807) is 28.0 Å². The Balaban J connectivity index is 1.60. The van der Waals surface area contributed by atoms with E-state index in [1.807, 2.05) is 24.3 Å². The topological polar surface area (TPSA) is 65.5 Å². The third-order valence-electron chi connectivity index (χ3n) is 5.35. The van der Waals surface area contributed by atoms with Gasteiger partial charge in [-0.1, -0.05) is 35.9 Å². The van der Waals surface area contributed by atoms with Crippen molar-refractivity contribution in [1.82, 2.24) is 20.1 Å². The van der Waals surface area contributed by atoms with Gasteiger partial charge in [0, 0.05) is 37.7 Å². The van der Waals surface area contributed by atoms with Crippen LogP contribution in [-0.4, -0.2) is 59.3 Å². The van der Waals surface area contributed by atoms with Gasteiger partial charge >= 0.3 is 0 Å². The summed E-state index contributed by atoms with van der Waals surface area (Å²) in [6.07, 6.45) is 2.04. The maximum Gasteiger partial charge on any atom is 0.273 e. The number of aromatic nitrogens is 1. The summed E-state index contributed by atoms with van der Waals surface area (Å²) in [5, 5.41) is 3.97. The van der Waals surface area contributed by atoms with Crippen molar-refractivity contribution in [3.05, 3.63) is 64.4 Å². The zero-order chi connectivity index (χ0) is 19.5. The van der Waals surface area contributed by atoms with Crippen LogP contribution < -0.4 is 5.32 Å². The zero-order valence-electron chi connectivity index (χ0n) is 15.6. The largest absolute Gasteiger partial charge is 0.337 e. The Hall–Kier alpha value is -2.44. The number of hydrogen-bond acceptors (Lipinski definition) is 4. The van der Waals surface area contributed by atoms with Gasteiger partial charge < -0.3 is 15.1 Å². The number of carbonyl (C=O) groups is 2. The first-order valence-corrected chi connectivity index (χ1v) is 10.1. The second-order valence-electron chi connectivity index (χ2n) is 7.15. The molecule has 2 aliphatic rings. The Morgan fingerprint density at radius 3 is 2.43 bits per heavy atom. The van der Waals surface area contributed by atoms with Crippen LogP contribution in [0.3, 0.4) is 0 Å². The molecule has 2 amide bonds. The molecule has 0 radical (unpaired) electrons. The number of hydrogen-bond donors (Lipinski definition) is 1. The maximum absolute atomic E-state index is 13.3. The van der Waals surface area contributed by atoms with Gasteiger partial charge in [0.25, 0.3) is 11.8 Å². The van der Waals surface area contributed by atoms with Gasteiger partial charge in [-0.25, -0.2) is 4.98 Å². The molecule has 3 heterocycles. The molecule has 0 saturated carbocycles. The fraction of sp³-hybridized carbons (Fsp3) is 0.381. The molecule has 1 aromatic heterocycles. The van der Waals surface area contributed by atoms with Gasteiger partial charge in [0.2, 0.25) is 0 Å². The Bertz CT molecular complexity index is 882. The van der Waals surface area contributed by atoms with Gasteiger partial charge in [0.05, 0.1) is 6.04 Å². The summed E-state index contributed by atoms with van der Waals surface area (Å²) in [6, 6.07) is 12.5. The van der Waals surface area contributed by atoms with E-state index in [9.17, 15) is 9.59 Å². The van der Waals surface area contributed by atoms with Crippen molar-refractivity contribution in [3.63, 3.8) is 0 Å². The van der Waals surface area contributed by atoms with Crippen LogP contribution in [0.2, 0.25) is 5.02 Å².